The quantitative estimate of drug-likeness (QED) is 0.904. The van der Waals surface area contributed by atoms with Crippen LogP contribution in [0.15, 0.2) is 42.5 Å². The van der Waals surface area contributed by atoms with E-state index in [0.29, 0.717) is 11.1 Å². The highest BCUT2D eigenvalue weighted by Gasteiger charge is 2.12. The fraction of sp³-hybridized carbons (Fsp3) is 0.0714. The van der Waals surface area contributed by atoms with E-state index >= 15 is 0 Å². The molecule has 18 heavy (non-hydrogen) atoms. The molecule has 0 aliphatic rings. The molecular formula is C14H11FO3. The normalized spacial score (nSPS) is 10.1. The largest absolute Gasteiger partial charge is 0.494 e. The second-order valence-electron chi connectivity index (χ2n) is 3.70. The van der Waals surface area contributed by atoms with Crippen LogP contribution in [0.25, 0.3) is 11.1 Å². The lowest BCUT2D eigenvalue weighted by molar-refractivity contribution is 0.0697. The minimum atomic E-state index is -1.04. The van der Waals surface area contributed by atoms with Gasteiger partial charge in [0, 0.05) is 0 Å². The lowest BCUT2D eigenvalue weighted by Crippen LogP contribution is -1.99. The Hall–Kier alpha value is -2.36. The van der Waals surface area contributed by atoms with Crippen LogP contribution in [0, 0.1) is 5.82 Å². The van der Waals surface area contributed by atoms with Crippen molar-refractivity contribution in [1.29, 1.82) is 0 Å². The maximum Gasteiger partial charge on any atom is 0.336 e. The molecule has 92 valence electrons. The molecule has 0 aliphatic heterocycles. The van der Waals surface area contributed by atoms with Gasteiger partial charge in [-0.15, -0.1) is 0 Å². The smallest absolute Gasteiger partial charge is 0.336 e. The standard InChI is InChI=1S/C14H11FO3/c1-18-13-7-6-9(8-12(13)15)10-4-2-3-5-11(10)14(16)17/h2-8H,1H3,(H,16,17). The number of hydrogen-bond donors (Lipinski definition) is 1. The fourth-order valence-electron chi connectivity index (χ4n) is 1.76. The molecule has 0 unspecified atom stereocenters. The van der Waals surface area contributed by atoms with Gasteiger partial charge in [0.1, 0.15) is 0 Å². The predicted octanol–water partition coefficient (Wildman–Crippen LogP) is 3.20. The number of benzene rings is 2. The topological polar surface area (TPSA) is 46.5 Å². The number of aromatic carboxylic acids is 1. The highest BCUT2D eigenvalue weighted by atomic mass is 19.1. The molecule has 2 rings (SSSR count). The van der Waals surface area contributed by atoms with Gasteiger partial charge in [0.2, 0.25) is 0 Å². The van der Waals surface area contributed by atoms with Crippen LogP contribution >= 0.6 is 0 Å². The van der Waals surface area contributed by atoms with Gasteiger partial charge in [-0.1, -0.05) is 24.3 Å². The minimum absolute atomic E-state index is 0.131. The Morgan fingerprint density at radius 1 is 1.22 bits per heavy atom. The molecule has 0 saturated carbocycles. The summed E-state index contributed by atoms with van der Waals surface area (Å²) in [6.45, 7) is 0. The van der Waals surface area contributed by atoms with Crippen molar-refractivity contribution in [2.45, 2.75) is 0 Å². The molecule has 0 atom stereocenters. The summed E-state index contributed by atoms with van der Waals surface area (Å²) in [6, 6.07) is 10.8. The van der Waals surface area contributed by atoms with E-state index in [1.807, 2.05) is 0 Å². The number of ether oxygens (including phenoxy) is 1. The lowest BCUT2D eigenvalue weighted by atomic mass is 9.99. The first kappa shape index (κ1) is 12.1. The van der Waals surface area contributed by atoms with E-state index < -0.39 is 11.8 Å². The van der Waals surface area contributed by atoms with Crippen LogP contribution in [0.3, 0.4) is 0 Å². The molecule has 1 N–H and O–H groups in total. The summed E-state index contributed by atoms with van der Waals surface area (Å²) in [5.41, 5.74) is 1.12. The molecule has 0 bridgehead atoms. The Morgan fingerprint density at radius 2 is 1.94 bits per heavy atom. The summed E-state index contributed by atoms with van der Waals surface area (Å²) in [5.74, 6) is -1.43. The Bertz CT molecular complexity index is 593. The van der Waals surface area contributed by atoms with Crippen LogP contribution in [0.2, 0.25) is 0 Å². The zero-order valence-electron chi connectivity index (χ0n) is 9.68. The van der Waals surface area contributed by atoms with Gasteiger partial charge >= 0.3 is 5.97 Å². The highest BCUT2D eigenvalue weighted by molar-refractivity contribution is 5.96. The van der Waals surface area contributed by atoms with Crippen molar-refractivity contribution in [2.24, 2.45) is 0 Å². The summed E-state index contributed by atoms with van der Waals surface area (Å²) in [6.07, 6.45) is 0. The van der Waals surface area contributed by atoms with E-state index in [4.69, 9.17) is 9.84 Å². The Kier molecular flexibility index (Phi) is 3.28. The van der Waals surface area contributed by atoms with E-state index in [0.717, 1.165) is 0 Å². The van der Waals surface area contributed by atoms with Gasteiger partial charge in [0.05, 0.1) is 12.7 Å². The SMILES string of the molecule is COc1ccc(-c2ccccc2C(=O)O)cc1F. The van der Waals surface area contributed by atoms with Crippen LogP contribution in [0.1, 0.15) is 10.4 Å². The van der Waals surface area contributed by atoms with Gasteiger partial charge < -0.3 is 9.84 Å². The molecule has 0 spiro atoms. The maximum atomic E-state index is 13.6. The first-order valence-electron chi connectivity index (χ1n) is 5.29. The average Bonchev–Trinajstić information content (AvgIpc) is 2.38. The monoisotopic (exact) mass is 246 g/mol. The van der Waals surface area contributed by atoms with Gasteiger partial charge in [-0.3, -0.25) is 0 Å². The van der Waals surface area contributed by atoms with Crippen molar-refractivity contribution in [3.8, 4) is 16.9 Å². The molecule has 0 aromatic heterocycles. The molecule has 4 heteroatoms. The van der Waals surface area contributed by atoms with Crippen molar-refractivity contribution in [1.82, 2.24) is 0 Å². The number of hydrogen-bond acceptors (Lipinski definition) is 2. The van der Waals surface area contributed by atoms with Crippen LogP contribution in [0.5, 0.6) is 5.75 Å². The van der Waals surface area contributed by atoms with E-state index in [2.05, 4.69) is 0 Å². The molecule has 0 radical (unpaired) electrons. The van der Waals surface area contributed by atoms with E-state index in [9.17, 15) is 9.18 Å². The van der Waals surface area contributed by atoms with Gasteiger partial charge in [-0.2, -0.15) is 0 Å². The van der Waals surface area contributed by atoms with Gasteiger partial charge in [0.15, 0.2) is 11.6 Å². The van der Waals surface area contributed by atoms with Gasteiger partial charge in [-0.25, -0.2) is 9.18 Å². The summed E-state index contributed by atoms with van der Waals surface area (Å²) >= 11 is 0. The number of halogens is 1. The van der Waals surface area contributed by atoms with Crippen molar-refractivity contribution < 1.29 is 19.0 Å². The molecule has 0 amide bonds. The van der Waals surface area contributed by atoms with Crippen molar-refractivity contribution >= 4 is 5.97 Å². The van der Waals surface area contributed by atoms with Gasteiger partial charge in [-0.05, 0) is 29.3 Å². The highest BCUT2D eigenvalue weighted by Crippen LogP contribution is 2.27. The Labute approximate surface area is 103 Å². The van der Waals surface area contributed by atoms with Crippen molar-refractivity contribution in [3.05, 3.63) is 53.8 Å². The minimum Gasteiger partial charge on any atom is -0.494 e. The van der Waals surface area contributed by atoms with Crippen LogP contribution in [-0.4, -0.2) is 18.2 Å². The second kappa shape index (κ2) is 4.87. The summed E-state index contributed by atoms with van der Waals surface area (Å²) in [7, 11) is 1.38. The summed E-state index contributed by atoms with van der Waals surface area (Å²) in [5, 5.41) is 9.08. The Balaban J connectivity index is 2.55. The maximum absolute atomic E-state index is 13.6. The summed E-state index contributed by atoms with van der Waals surface area (Å²) < 4.78 is 18.4. The lowest BCUT2D eigenvalue weighted by Gasteiger charge is -2.08. The van der Waals surface area contributed by atoms with Gasteiger partial charge in [0.25, 0.3) is 0 Å². The summed E-state index contributed by atoms with van der Waals surface area (Å²) in [4.78, 5) is 11.1. The van der Waals surface area contributed by atoms with Crippen LogP contribution < -0.4 is 4.74 Å². The third-order valence-electron chi connectivity index (χ3n) is 2.62. The third-order valence-corrected chi connectivity index (χ3v) is 2.62. The molecule has 0 aliphatic carbocycles. The zero-order valence-corrected chi connectivity index (χ0v) is 9.68. The molecule has 2 aromatic carbocycles. The number of carboxylic acid groups (broad SMARTS) is 1. The zero-order chi connectivity index (χ0) is 13.1. The number of carboxylic acids is 1. The molecular weight excluding hydrogens is 235 g/mol. The molecule has 0 fully saturated rings. The average molecular weight is 246 g/mol. The molecule has 3 nitrogen and oxygen atoms in total. The molecule has 0 saturated heterocycles. The predicted molar refractivity (Wildman–Crippen MR) is 65.3 cm³/mol. The van der Waals surface area contributed by atoms with Crippen LogP contribution in [-0.2, 0) is 0 Å². The fourth-order valence-corrected chi connectivity index (χ4v) is 1.76. The third kappa shape index (κ3) is 2.18. The van der Waals surface area contributed by atoms with Crippen LogP contribution in [0.4, 0.5) is 4.39 Å². The molecule has 2 aromatic rings. The number of carbonyl (C=O) groups is 1. The first-order valence-corrected chi connectivity index (χ1v) is 5.29. The van der Waals surface area contributed by atoms with E-state index in [1.54, 1.807) is 24.3 Å². The first-order chi connectivity index (χ1) is 8.63. The Morgan fingerprint density at radius 3 is 2.56 bits per heavy atom. The second-order valence-corrected chi connectivity index (χ2v) is 3.70. The molecule has 0 heterocycles. The van der Waals surface area contributed by atoms with E-state index in [1.165, 1.54) is 25.3 Å². The number of methoxy groups -OCH3 is 1. The van der Waals surface area contributed by atoms with E-state index in [-0.39, 0.29) is 11.3 Å². The van der Waals surface area contributed by atoms with Crippen molar-refractivity contribution in [2.75, 3.05) is 7.11 Å². The number of rotatable bonds is 3. The van der Waals surface area contributed by atoms with Crippen molar-refractivity contribution in [3.63, 3.8) is 0 Å².